The summed E-state index contributed by atoms with van der Waals surface area (Å²) in [6, 6.07) is 0. The molecule has 0 aliphatic heterocycles. The number of esters is 4. The normalized spacial score (nSPS) is 14.2. The number of carbonyl (C=O) groups excluding carboxylic acids is 4. The van der Waals surface area contributed by atoms with Crippen molar-refractivity contribution in [3.05, 3.63) is 0 Å². The molecule has 0 spiro atoms. The van der Waals surface area contributed by atoms with Crippen molar-refractivity contribution in [3.63, 3.8) is 0 Å². The smallest absolute Gasteiger partial charge is 0.462 e. The van der Waals surface area contributed by atoms with Gasteiger partial charge in [-0.1, -0.05) is 356 Å². The van der Waals surface area contributed by atoms with E-state index < -0.39 is 97.5 Å². The van der Waals surface area contributed by atoms with Crippen LogP contribution in [0.25, 0.3) is 0 Å². The molecule has 570 valence electrons. The zero-order valence-electron chi connectivity index (χ0n) is 62.5. The molecule has 0 heterocycles. The Morgan fingerprint density at radius 1 is 0.292 bits per heavy atom. The largest absolute Gasteiger partial charge is 0.472 e. The number of aliphatic hydroxyl groups excluding tert-OH is 1. The van der Waals surface area contributed by atoms with E-state index in [9.17, 15) is 43.2 Å². The molecule has 0 aromatic heterocycles. The first-order valence-electron chi connectivity index (χ1n) is 40.2. The molecule has 0 amide bonds. The number of aliphatic hydroxyl groups is 1. The van der Waals surface area contributed by atoms with Crippen LogP contribution >= 0.6 is 15.6 Å². The third-order valence-corrected chi connectivity index (χ3v) is 20.3. The lowest BCUT2D eigenvalue weighted by Crippen LogP contribution is -2.30. The van der Waals surface area contributed by atoms with Crippen LogP contribution in [0.4, 0.5) is 0 Å². The van der Waals surface area contributed by atoms with Crippen LogP contribution in [-0.2, 0) is 65.4 Å². The lowest BCUT2D eigenvalue weighted by Gasteiger charge is -2.21. The average molecular weight is 1410 g/mol. The molecular formula is C77H150O17P2. The summed E-state index contributed by atoms with van der Waals surface area (Å²) in [7, 11) is -9.91. The molecule has 3 N–H and O–H groups in total. The van der Waals surface area contributed by atoms with Gasteiger partial charge in [0.2, 0.25) is 0 Å². The van der Waals surface area contributed by atoms with Crippen LogP contribution in [0, 0.1) is 5.92 Å². The molecule has 0 radical (unpaired) electrons. The molecule has 96 heavy (non-hydrogen) atoms. The monoisotopic (exact) mass is 1410 g/mol. The van der Waals surface area contributed by atoms with E-state index in [-0.39, 0.29) is 25.7 Å². The van der Waals surface area contributed by atoms with Crippen LogP contribution in [0.1, 0.15) is 407 Å². The van der Waals surface area contributed by atoms with Crippen molar-refractivity contribution in [3.8, 4) is 0 Å². The summed E-state index contributed by atoms with van der Waals surface area (Å²) in [5.74, 6) is -1.26. The van der Waals surface area contributed by atoms with Crippen molar-refractivity contribution in [1.82, 2.24) is 0 Å². The first-order chi connectivity index (χ1) is 46.6. The zero-order chi connectivity index (χ0) is 70.5. The number of hydrogen-bond acceptors (Lipinski definition) is 15. The molecule has 0 aliphatic rings. The Morgan fingerprint density at radius 3 is 0.740 bits per heavy atom. The highest BCUT2D eigenvalue weighted by atomic mass is 31.2. The summed E-state index contributed by atoms with van der Waals surface area (Å²) >= 11 is 0. The number of unbranched alkanes of at least 4 members (excludes halogenated alkanes) is 48. The minimum atomic E-state index is -4.96. The van der Waals surface area contributed by atoms with Gasteiger partial charge in [-0.2, -0.15) is 0 Å². The maximum absolute atomic E-state index is 13.1. The standard InChI is InChI=1S/C77H150O17P2/c1-6-10-13-16-19-22-24-25-26-27-28-29-30-35-38-43-48-53-58-63-77(82)94-73(67-88-75(80)61-56-51-46-42-37-34-32-31-33-36-40-44-49-54-59-70(5)9-4)69-92-96(85,86)90-65-71(78)64-89-95(83,84)91-68-72(66-87-74(79)60-55-50-45-39-21-18-15-12-8-3)93-76(81)62-57-52-47-41-23-20-17-14-11-7-2/h70-73,78H,6-69H2,1-5H3,(H,83,84)(H,85,86)/t70?,71-,72+,73+/m0/s1. The maximum Gasteiger partial charge on any atom is 0.472 e. The van der Waals surface area contributed by atoms with Crippen LogP contribution in [0.3, 0.4) is 0 Å². The molecule has 0 aliphatic carbocycles. The van der Waals surface area contributed by atoms with E-state index in [2.05, 4.69) is 34.6 Å². The summed E-state index contributed by atoms with van der Waals surface area (Å²) in [4.78, 5) is 72.7. The van der Waals surface area contributed by atoms with Gasteiger partial charge >= 0.3 is 39.5 Å². The van der Waals surface area contributed by atoms with Gasteiger partial charge in [0.25, 0.3) is 0 Å². The van der Waals surface area contributed by atoms with Crippen LogP contribution < -0.4 is 0 Å². The predicted octanol–water partition coefficient (Wildman–Crippen LogP) is 22.9. The summed E-state index contributed by atoms with van der Waals surface area (Å²) < 4.78 is 68.5. The van der Waals surface area contributed by atoms with Crippen molar-refractivity contribution in [2.45, 2.75) is 425 Å². The number of phosphoric ester groups is 2. The first-order valence-corrected chi connectivity index (χ1v) is 43.2. The van der Waals surface area contributed by atoms with Crippen LogP contribution in [0.5, 0.6) is 0 Å². The Labute approximate surface area is 588 Å². The second kappa shape index (κ2) is 70.1. The molecular weight excluding hydrogens is 1260 g/mol. The van der Waals surface area contributed by atoms with Gasteiger partial charge < -0.3 is 33.8 Å². The van der Waals surface area contributed by atoms with Crippen LogP contribution in [-0.4, -0.2) is 96.7 Å². The number of carbonyl (C=O) groups is 4. The van der Waals surface area contributed by atoms with Gasteiger partial charge in [-0.25, -0.2) is 9.13 Å². The van der Waals surface area contributed by atoms with E-state index >= 15 is 0 Å². The van der Waals surface area contributed by atoms with Gasteiger partial charge in [-0.15, -0.1) is 0 Å². The van der Waals surface area contributed by atoms with E-state index in [4.69, 9.17) is 37.0 Å². The van der Waals surface area contributed by atoms with Gasteiger partial charge in [-0.05, 0) is 31.6 Å². The Hall–Kier alpha value is -1.94. The highest BCUT2D eigenvalue weighted by Gasteiger charge is 2.30. The van der Waals surface area contributed by atoms with E-state index in [1.807, 2.05) is 0 Å². The summed E-state index contributed by atoms with van der Waals surface area (Å²) in [5.41, 5.74) is 0. The predicted molar refractivity (Wildman–Crippen MR) is 391 cm³/mol. The molecule has 0 saturated heterocycles. The highest BCUT2D eigenvalue weighted by molar-refractivity contribution is 7.47. The minimum Gasteiger partial charge on any atom is -0.462 e. The second-order valence-electron chi connectivity index (χ2n) is 28.0. The van der Waals surface area contributed by atoms with Crippen molar-refractivity contribution in [2.75, 3.05) is 39.6 Å². The summed E-state index contributed by atoms with van der Waals surface area (Å²) in [6.07, 6.45) is 59.6. The van der Waals surface area contributed by atoms with E-state index in [1.165, 1.54) is 231 Å². The maximum atomic E-state index is 13.1. The first kappa shape index (κ1) is 94.1. The SMILES string of the molecule is CCCCCCCCCCCCCCCCCCCCCC(=O)O[C@H](COC(=O)CCCCCCCCCCCCCCCCC(C)CC)COP(=O)(O)OC[C@@H](O)COP(=O)(O)OC[C@@H](COC(=O)CCCCCCCCCCC)OC(=O)CCCCCCCCCCCC. The van der Waals surface area contributed by atoms with Crippen molar-refractivity contribution < 1.29 is 80.2 Å². The third-order valence-electron chi connectivity index (χ3n) is 18.4. The van der Waals surface area contributed by atoms with Crippen LogP contribution in [0.2, 0.25) is 0 Å². The van der Waals surface area contributed by atoms with Crippen LogP contribution in [0.15, 0.2) is 0 Å². The number of hydrogen-bond donors (Lipinski definition) is 3. The molecule has 0 bridgehead atoms. The molecule has 19 heteroatoms. The van der Waals surface area contributed by atoms with Gasteiger partial charge in [0, 0.05) is 25.7 Å². The molecule has 0 aromatic carbocycles. The van der Waals surface area contributed by atoms with Gasteiger partial charge in [0.15, 0.2) is 12.2 Å². The van der Waals surface area contributed by atoms with Crippen molar-refractivity contribution in [1.29, 1.82) is 0 Å². The molecule has 0 fully saturated rings. The average Bonchev–Trinajstić information content (AvgIpc) is 1.55. The Bertz CT molecular complexity index is 1840. The molecule has 0 rings (SSSR count). The van der Waals surface area contributed by atoms with E-state index in [0.717, 1.165) is 95.8 Å². The van der Waals surface area contributed by atoms with Crippen molar-refractivity contribution in [2.24, 2.45) is 5.92 Å². The quantitative estimate of drug-likeness (QED) is 0.0222. The Kier molecular flexibility index (Phi) is 68.7. The molecule has 6 atom stereocenters. The molecule has 17 nitrogen and oxygen atoms in total. The highest BCUT2D eigenvalue weighted by Crippen LogP contribution is 2.45. The molecule has 3 unspecified atom stereocenters. The lowest BCUT2D eigenvalue weighted by molar-refractivity contribution is -0.161. The van der Waals surface area contributed by atoms with Gasteiger partial charge in [-0.3, -0.25) is 37.3 Å². The lowest BCUT2D eigenvalue weighted by atomic mass is 9.99. The number of rotatable bonds is 77. The second-order valence-corrected chi connectivity index (χ2v) is 30.9. The number of phosphoric acid groups is 2. The minimum absolute atomic E-state index is 0.107. The summed E-state index contributed by atoms with van der Waals surface area (Å²) in [6.45, 7) is 7.33. The van der Waals surface area contributed by atoms with E-state index in [1.54, 1.807) is 0 Å². The molecule has 0 saturated carbocycles. The topological polar surface area (TPSA) is 237 Å². The fourth-order valence-electron chi connectivity index (χ4n) is 11.8. The third kappa shape index (κ3) is 69.2. The zero-order valence-corrected chi connectivity index (χ0v) is 64.3. The van der Waals surface area contributed by atoms with Crippen molar-refractivity contribution >= 4 is 39.5 Å². The fourth-order valence-corrected chi connectivity index (χ4v) is 13.4. The van der Waals surface area contributed by atoms with Gasteiger partial charge in [0.05, 0.1) is 26.4 Å². The van der Waals surface area contributed by atoms with E-state index in [0.29, 0.717) is 25.7 Å². The fraction of sp³-hybridized carbons (Fsp3) is 0.948. The summed E-state index contributed by atoms with van der Waals surface area (Å²) in [5, 5.41) is 10.6. The Morgan fingerprint density at radius 2 is 0.500 bits per heavy atom. The molecule has 0 aromatic rings. The van der Waals surface area contributed by atoms with Gasteiger partial charge in [0.1, 0.15) is 19.3 Å². The Balaban J connectivity index is 5.19. The number of ether oxygens (including phenoxy) is 4.